The van der Waals surface area contributed by atoms with Crippen LogP contribution < -0.4 is 5.32 Å². The zero-order valence-corrected chi connectivity index (χ0v) is 7.47. The van der Waals surface area contributed by atoms with Gasteiger partial charge in [-0.2, -0.15) is 0 Å². The molecule has 0 saturated carbocycles. The van der Waals surface area contributed by atoms with Gasteiger partial charge in [-0.25, -0.2) is 0 Å². The third-order valence-electron chi connectivity index (χ3n) is 2.15. The number of benzene rings is 1. The smallest absolute Gasteiger partial charge is 0.114 e. The van der Waals surface area contributed by atoms with Crippen LogP contribution in [0.25, 0.3) is 0 Å². The highest BCUT2D eigenvalue weighted by Gasteiger charge is 2.35. The van der Waals surface area contributed by atoms with Crippen molar-refractivity contribution >= 4 is 12.4 Å². The van der Waals surface area contributed by atoms with Crippen LogP contribution in [0, 0.1) is 0 Å². The van der Waals surface area contributed by atoms with Crippen LogP contribution in [0.5, 0.6) is 0 Å². The van der Waals surface area contributed by atoms with Gasteiger partial charge in [0, 0.05) is 13.1 Å². The second kappa shape index (κ2) is 3.44. The fourth-order valence-electron chi connectivity index (χ4n) is 1.31. The average molecular weight is 186 g/mol. The summed E-state index contributed by atoms with van der Waals surface area (Å²) in [7, 11) is 0. The van der Waals surface area contributed by atoms with Crippen molar-refractivity contribution < 1.29 is 5.11 Å². The molecule has 2 rings (SSSR count). The normalized spacial score (nSPS) is 19.1. The van der Waals surface area contributed by atoms with Crippen molar-refractivity contribution in [3.05, 3.63) is 35.9 Å². The Morgan fingerprint density at radius 2 is 1.75 bits per heavy atom. The number of nitrogens with one attached hydrogen (secondary N) is 1. The molecular weight excluding hydrogens is 174 g/mol. The van der Waals surface area contributed by atoms with Gasteiger partial charge in [0.1, 0.15) is 5.60 Å². The van der Waals surface area contributed by atoms with Gasteiger partial charge in [0.15, 0.2) is 0 Å². The molecule has 0 spiro atoms. The summed E-state index contributed by atoms with van der Waals surface area (Å²) in [6.07, 6.45) is 0. The molecule has 1 fully saturated rings. The Morgan fingerprint density at radius 1 is 1.17 bits per heavy atom. The molecule has 0 amide bonds. The van der Waals surface area contributed by atoms with Crippen molar-refractivity contribution in [1.29, 1.82) is 0 Å². The third kappa shape index (κ3) is 1.46. The van der Waals surface area contributed by atoms with E-state index >= 15 is 0 Å². The van der Waals surface area contributed by atoms with E-state index in [2.05, 4.69) is 5.32 Å². The quantitative estimate of drug-likeness (QED) is 0.682. The van der Waals surface area contributed by atoms with Crippen LogP contribution in [-0.2, 0) is 5.60 Å². The van der Waals surface area contributed by atoms with E-state index in [0.29, 0.717) is 13.1 Å². The van der Waals surface area contributed by atoms with Crippen LogP contribution in [0.2, 0.25) is 0 Å². The van der Waals surface area contributed by atoms with Crippen molar-refractivity contribution in [2.24, 2.45) is 0 Å². The first kappa shape index (κ1) is 9.52. The van der Waals surface area contributed by atoms with E-state index in [9.17, 15) is 5.11 Å². The molecule has 3 heteroatoms. The van der Waals surface area contributed by atoms with E-state index in [4.69, 9.17) is 0 Å². The highest BCUT2D eigenvalue weighted by molar-refractivity contribution is 5.85. The lowest BCUT2D eigenvalue weighted by molar-refractivity contribution is -0.0146. The van der Waals surface area contributed by atoms with Gasteiger partial charge in [-0.1, -0.05) is 30.3 Å². The van der Waals surface area contributed by atoms with Crippen molar-refractivity contribution in [1.82, 2.24) is 5.32 Å². The fourth-order valence-corrected chi connectivity index (χ4v) is 1.31. The Bertz CT molecular complexity index is 246. The zero-order valence-electron chi connectivity index (χ0n) is 6.66. The summed E-state index contributed by atoms with van der Waals surface area (Å²) in [4.78, 5) is 0. The lowest BCUT2D eigenvalue weighted by Gasteiger charge is -2.37. The minimum absolute atomic E-state index is 0. The lowest BCUT2D eigenvalue weighted by atomic mass is 9.88. The summed E-state index contributed by atoms with van der Waals surface area (Å²) >= 11 is 0. The first-order valence-corrected chi connectivity index (χ1v) is 3.80. The predicted octanol–water partition coefficient (Wildman–Crippen LogP) is 0.899. The van der Waals surface area contributed by atoms with Gasteiger partial charge < -0.3 is 10.4 Å². The molecule has 0 aliphatic carbocycles. The van der Waals surface area contributed by atoms with E-state index in [1.54, 1.807) is 0 Å². The van der Waals surface area contributed by atoms with Crippen LogP contribution in [0.1, 0.15) is 5.56 Å². The monoisotopic (exact) mass is 185 g/mol. The summed E-state index contributed by atoms with van der Waals surface area (Å²) in [5.41, 5.74) is 0.417. The van der Waals surface area contributed by atoms with Crippen LogP contribution in [0.3, 0.4) is 0 Å². The summed E-state index contributed by atoms with van der Waals surface area (Å²) < 4.78 is 0. The summed E-state index contributed by atoms with van der Waals surface area (Å²) in [5.74, 6) is 0. The maximum Gasteiger partial charge on any atom is 0.114 e. The largest absolute Gasteiger partial charge is 0.382 e. The predicted molar refractivity (Wildman–Crippen MR) is 50.5 cm³/mol. The maximum absolute atomic E-state index is 9.82. The molecule has 2 N–H and O–H groups in total. The van der Waals surface area contributed by atoms with E-state index in [1.807, 2.05) is 30.3 Å². The second-order valence-electron chi connectivity index (χ2n) is 3.00. The minimum atomic E-state index is -0.596. The average Bonchev–Trinajstić information content (AvgIpc) is 2.02. The molecule has 0 atom stereocenters. The van der Waals surface area contributed by atoms with Gasteiger partial charge >= 0.3 is 0 Å². The molecule has 1 aromatic carbocycles. The Morgan fingerprint density at radius 3 is 2.17 bits per heavy atom. The third-order valence-corrected chi connectivity index (χ3v) is 2.15. The SMILES string of the molecule is Cl.OC1(c2ccccc2)CNC1. The van der Waals surface area contributed by atoms with Gasteiger partial charge in [0.2, 0.25) is 0 Å². The van der Waals surface area contributed by atoms with Crippen molar-refractivity contribution in [2.75, 3.05) is 13.1 Å². The first-order valence-electron chi connectivity index (χ1n) is 3.80. The number of aliphatic hydroxyl groups is 1. The molecular formula is C9H12ClNO. The molecule has 66 valence electrons. The molecule has 2 nitrogen and oxygen atoms in total. The van der Waals surface area contributed by atoms with Gasteiger partial charge in [-0.3, -0.25) is 0 Å². The Labute approximate surface area is 78.0 Å². The highest BCUT2D eigenvalue weighted by atomic mass is 35.5. The standard InChI is InChI=1S/C9H11NO.ClH/c11-9(6-10-7-9)8-4-2-1-3-5-8;/h1-5,10-11H,6-7H2;1H. The Hall–Kier alpha value is -0.570. The van der Waals surface area contributed by atoms with E-state index in [-0.39, 0.29) is 12.4 Å². The highest BCUT2D eigenvalue weighted by Crippen LogP contribution is 2.24. The molecule has 1 aliphatic rings. The molecule has 0 bridgehead atoms. The molecule has 1 saturated heterocycles. The van der Waals surface area contributed by atoms with E-state index < -0.39 is 5.60 Å². The molecule has 0 radical (unpaired) electrons. The molecule has 0 aromatic heterocycles. The number of β-amino-alcohol motifs (C(OH)–C–C–N with tert-alkyl or cyclic N) is 1. The van der Waals surface area contributed by atoms with E-state index in [0.717, 1.165) is 5.56 Å². The van der Waals surface area contributed by atoms with Crippen molar-refractivity contribution in [3.63, 3.8) is 0 Å². The Kier molecular flexibility index (Phi) is 2.73. The summed E-state index contributed by atoms with van der Waals surface area (Å²) in [5, 5.41) is 12.9. The minimum Gasteiger partial charge on any atom is -0.382 e. The van der Waals surface area contributed by atoms with Crippen molar-refractivity contribution in [3.8, 4) is 0 Å². The second-order valence-corrected chi connectivity index (χ2v) is 3.00. The topological polar surface area (TPSA) is 32.3 Å². The summed E-state index contributed by atoms with van der Waals surface area (Å²) in [6, 6.07) is 9.78. The van der Waals surface area contributed by atoms with E-state index in [1.165, 1.54) is 0 Å². The van der Waals surface area contributed by atoms with Crippen LogP contribution in [0.15, 0.2) is 30.3 Å². The lowest BCUT2D eigenvalue weighted by Crippen LogP contribution is -2.56. The number of halogens is 1. The van der Waals surface area contributed by atoms with Crippen LogP contribution in [-0.4, -0.2) is 18.2 Å². The molecule has 1 aromatic rings. The van der Waals surface area contributed by atoms with Gasteiger partial charge in [-0.15, -0.1) is 12.4 Å². The van der Waals surface area contributed by atoms with Crippen LogP contribution >= 0.6 is 12.4 Å². The number of hydrogen-bond acceptors (Lipinski definition) is 2. The fraction of sp³-hybridized carbons (Fsp3) is 0.333. The van der Waals surface area contributed by atoms with Crippen molar-refractivity contribution in [2.45, 2.75) is 5.60 Å². The number of rotatable bonds is 1. The Balaban J connectivity index is 0.000000720. The molecule has 12 heavy (non-hydrogen) atoms. The van der Waals surface area contributed by atoms with Gasteiger partial charge in [0.05, 0.1) is 0 Å². The summed E-state index contributed by atoms with van der Waals surface area (Å²) in [6.45, 7) is 1.36. The van der Waals surface area contributed by atoms with Gasteiger partial charge in [-0.05, 0) is 5.56 Å². The number of hydrogen-bond donors (Lipinski definition) is 2. The first-order chi connectivity index (χ1) is 5.31. The molecule has 1 heterocycles. The zero-order chi connectivity index (χ0) is 7.73. The van der Waals surface area contributed by atoms with Crippen LogP contribution in [0.4, 0.5) is 0 Å². The van der Waals surface area contributed by atoms with Gasteiger partial charge in [0.25, 0.3) is 0 Å². The molecule has 1 aliphatic heterocycles. The molecule has 0 unspecified atom stereocenters. The maximum atomic E-state index is 9.82.